The van der Waals surface area contributed by atoms with Crippen LogP contribution in [0.3, 0.4) is 0 Å². The normalized spacial score (nSPS) is 55.5. The van der Waals surface area contributed by atoms with Gasteiger partial charge in [0.25, 0.3) is 0 Å². The molecular formula is C17H29N. The van der Waals surface area contributed by atoms with Crippen LogP contribution in [0.5, 0.6) is 0 Å². The van der Waals surface area contributed by atoms with Gasteiger partial charge in [0, 0.05) is 6.04 Å². The first-order valence-electron chi connectivity index (χ1n) is 8.58. The fourth-order valence-corrected chi connectivity index (χ4v) is 6.49. The van der Waals surface area contributed by atoms with Crippen molar-refractivity contribution < 1.29 is 0 Å². The van der Waals surface area contributed by atoms with E-state index in [1.54, 1.807) is 25.7 Å². The van der Waals surface area contributed by atoms with Crippen molar-refractivity contribution in [3.8, 4) is 0 Å². The van der Waals surface area contributed by atoms with E-state index in [-0.39, 0.29) is 0 Å². The molecule has 0 aromatic carbocycles. The lowest BCUT2D eigenvalue weighted by molar-refractivity contribution is -0.0326. The van der Waals surface area contributed by atoms with E-state index in [1.165, 1.54) is 32.2 Å². The molecule has 4 rings (SSSR count). The van der Waals surface area contributed by atoms with Crippen LogP contribution < -0.4 is 5.32 Å². The van der Waals surface area contributed by atoms with Crippen LogP contribution in [-0.2, 0) is 0 Å². The molecule has 1 N–H and O–H groups in total. The first kappa shape index (κ1) is 11.8. The van der Waals surface area contributed by atoms with Crippen LogP contribution in [0.2, 0.25) is 0 Å². The van der Waals surface area contributed by atoms with Crippen molar-refractivity contribution in [2.75, 3.05) is 6.54 Å². The fraction of sp³-hybridized carbons (Fsp3) is 1.00. The van der Waals surface area contributed by atoms with Crippen LogP contribution >= 0.6 is 0 Å². The van der Waals surface area contributed by atoms with Gasteiger partial charge in [-0.25, -0.2) is 0 Å². The fourth-order valence-electron chi connectivity index (χ4n) is 6.49. The minimum atomic E-state index is 0.904. The molecule has 1 saturated heterocycles. The maximum atomic E-state index is 3.77. The molecule has 0 aromatic rings. The Morgan fingerprint density at radius 3 is 2.61 bits per heavy atom. The second-order valence-corrected chi connectivity index (χ2v) is 7.74. The summed E-state index contributed by atoms with van der Waals surface area (Å²) < 4.78 is 0. The van der Waals surface area contributed by atoms with Gasteiger partial charge in [0.1, 0.15) is 0 Å². The van der Waals surface area contributed by atoms with Gasteiger partial charge < -0.3 is 5.32 Å². The Labute approximate surface area is 112 Å². The lowest BCUT2D eigenvalue weighted by Crippen LogP contribution is -2.48. The molecule has 18 heavy (non-hydrogen) atoms. The van der Waals surface area contributed by atoms with Crippen molar-refractivity contribution in [1.82, 2.24) is 5.32 Å². The van der Waals surface area contributed by atoms with Crippen molar-refractivity contribution in [2.24, 2.45) is 35.5 Å². The predicted octanol–water partition coefficient (Wildman–Crippen LogP) is 3.84. The molecule has 4 aliphatic rings. The second kappa shape index (κ2) is 4.51. The maximum Gasteiger partial charge on any atom is 0.00986 e. The predicted molar refractivity (Wildman–Crippen MR) is 75.3 cm³/mol. The molecule has 1 aliphatic heterocycles. The quantitative estimate of drug-likeness (QED) is 0.686. The Morgan fingerprint density at radius 1 is 0.778 bits per heavy atom. The van der Waals surface area contributed by atoms with Gasteiger partial charge in [0.2, 0.25) is 0 Å². The molecular weight excluding hydrogens is 218 g/mol. The Balaban J connectivity index is 1.58. The molecule has 3 aliphatic carbocycles. The van der Waals surface area contributed by atoms with Gasteiger partial charge in [-0.3, -0.25) is 0 Å². The molecule has 102 valence electrons. The van der Waals surface area contributed by atoms with Crippen molar-refractivity contribution in [2.45, 2.75) is 64.3 Å². The van der Waals surface area contributed by atoms with Gasteiger partial charge in [-0.2, -0.15) is 0 Å². The SMILES string of the molecule is CC1CCCC2CCC3C4CCNC4CCC3C12. The smallest absolute Gasteiger partial charge is 0.00986 e. The van der Waals surface area contributed by atoms with E-state index in [9.17, 15) is 0 Å². The van der Waals surface area contributed by atoms with Crippen molar-refractivity contribution >= 4 is 0 Å². The molecule has 1 heterocycles. The van der Waals surface area contributed by atoms with Crippen LogP contribution in [0.4, 0.5) is 0 Å². The van der Waals surface area contributed by atoms with E-state index in [1.807, 2.05) is 0 Å². The summed E-state index contributed by atoms with van der Waals surface area (Å²) in [6, 6.07) is 0.904. The lowest BCUT2D eigenvalue weighted by atomic mass is 9.52. The standard InChI is InChI=1S/C17H29N/c1-11-3-2-4-12-5-6-13-14-9-10-18-16(14)8-7-15(13)17(11)12/h11-18H,2-10H2,1H3. The zero-order valence-electron chi connectivity index (χ0n) is 11.9. The third kappa shape index (κ3) is 1.69. The topological polar surface area (TPSA) is 12.0 Å². The Bertz CT molecular complexity index is 313. The van der Waals surface area contributed by atoms with Gasteiger partial charge in [0.15, 0.2) is 0 Å². The lowest BCUT2D eigenvalue weighted by Gasteiger charge is -2.53. The summed E-state index contributed by atoms with van der Waals surface area (Å²) in [6.45, 7) is 3.88. The summed E-state index contributed by atoms with van der Waals surface area (Å²) in [7, 11) is 0. The van der Waals surface area contributed by atoms with E-state index in [2.05, 4.69) is 12.2 Å². The van der Waals surface area contributed by atoms with Crippen LogP contribution in [0.1, 0.15) is 58.3 Å². The van der Waals surface area contributed by atoms with E-state index in [4.69, 9.17) is 0 Å². The van der Waals surface area contributed by atoms with Crippen LogP contribution in [-0.4, -0.2) is 12.6 Å². The molecule has 0 radical (unpaired) electrons. The Kier molecular flexibility index (Phi) is 2.94. The summed E-state index contributed by atoms with van der Waals surface area (Å²) in [5, 5.41) is 3.77. The van der Waals surface area contributed by atoms with E-state index >= 15 is 0 Å². The zero-order chi connectivity index (χ0) is 12.1. The molecule has 7 unspecified atom stereocenters. The maximum absolute atomic E-state index is 3.77. The number of rotatable bonds is 0. The highest BCUT2D eigenvalue weighted by atomic mass is 15.0. The number of hydrogen-bond acceptors (Lipinski definition) is 1. The summed E-state index contributed by atoms with van der Waals surface area (Å²) in [4.78, 5) is 0. The molecule has 1 heteroatoms. The highest BCUT2D eigenvalue weighted by Gasteiger charge is 2.50. The minimum absolute atomic E-state index is 0.904. The molecule has 0 spiro atoms. The molecule has 0 aromatic heterocycles. The van der Waals surface area contributed by atoms with Crippen LogP contribution in [0.25, 0.3) is 0 Å². The van der Waals surface area contributed by atoms with Crippen molar-refractivity contribution in [3.05, 3.63) is 0 Å². The van der Waals surface area contributed by atoms with Gasteiger partial charge in [-0.15, -0.1) is 0 Å². The highest BCUT2D eigenvalue weighted by Crippen LogP contribution is 2.55. The third-order valence-corrected chi connectivity index (χ3v) is 7.11. The molecule has 0 bridgehead atoms. The van der Waals surface area contributed by atoms with Gasteiger partial charge >= 0.3 is 0 Å². The van der Waals surface area contributed by atoms with Gasteiger partial charge in [-0.1, -0.05) is 26.2 Å². The van der Waals surface area contributed by atoms with E-state index in [0.717, 1.165) is 41.5 Å². The number of hydrogen-bond donors (Lipinski definition) is 1. The van der Waals surface area contributed by atoms with E-state index in [0.29, 0.717) is 0 Å². The summed E-state index contributed by atoms with van der Waals surface area (Å²) in [5.41, 5.74) is 0. The van der Waals surface area contributed by atoms with E-state index < -0.39 is 0 Å². The zero-order valence-corrected chi connectivity index (χ0v) is 11.9. The highest BCUT2D eigenvalue weighted by molar-refractivity contribution is 5.01. The molecule has 0 amide bonds. The monoisotopic (exact) mass is 247 g/mol. The first-order valence-corrected chi connectivity index (χ1v) is 8.58. The Morgan fingerprint density at radius 2 is 1.67 bits per heavy atom. The third-order valence-electron chi connectivity index (χ3n) is 7.11. The van der Waals surface area contributed by atoms with Crippen LogP contribution in [0.15, 0.2) is 0 Å². The average Bonchev–Trinajstić information content (AvgIpc) is 2.86. The molecule has 4 fully saturated rings. The summed E-state index contributed by atoms with van der Waals surface area (Å²) in [5.74, 6) is 6.52. The first-order chi connectivity index (χ1) is 8.84. The summed E-state index contributed by atoms with van der Waals surface area (Å²) in [6.07, 6.45) is 12.3. The van der Waals surface area contributed by atoms with Crippen molar-refractivity contribution in [1.29, 1.82) is 0 Å². The largest absolute Gasteiger partial charge is 0.314 e. The molecule has 7 atom stereocenters. The minimum Gasteiger partial charge on any atom is -0.314 e. The Hall–Kier alpha value is -0.0400. The van der Waals surface area contributed by atoms with Gasteiger partial charge in [-0.05, 0) is 74.2 Å². The van der Waals surface area contributed by atoms with Crippen molar-refractivity contribution in [3.63, 3.8) is 0 Å². The second-order valence-electron chi connectivity index (χ2n) is 7.74. The van der Waals surface area contributed by atoms with Crippen LogP contribution in [0, 0.1) is 35.5 Å². The number of nitrogens with one attached hydrogen (secondary N) is 1. The number of fused-ring (bicyclic) bond motifs is 5. The van der Waals surface area contributed by atoms with Gasteiger partial charge in [0.05, 0.1) is 0 Å². The average molecular weight is 247 g/mol. The summed E-state index contributed by atoms with van der Waals surface area (Å²) >= 11 is 0. The molecule has 1 nitrogen and oxygen atoms in total. The molecule has 3 saturated carbocycles.